The van der Waals surface area contributed by atoms with Gasteiger partial charge in [-0.15, -0.1) is 0 Å². The van der Waals surface area contributed by atoms with Gasteiger partial charge in [0, 0.05) is 50.2 Å². The topological polar surface area (TPSA) is 100 Å². The molecule has 0 saturated heterocycles. The van der Waals surface area contributed by atoms with Crippen molar-refractivity contribution >= 4 is 58.1 Å². The van der Waals surface area contributed by atoms with Crippen LogP contribution in [0.2, 0.25) is 0 Å². The summed E-state index contributed by atoms with van der Waals surface area (Å²) in [5.41, 5.74) is 5.17. The first-order valence-corrected chi connectivity index (χ1v) is 11.3. The van der Waals surface area contributed by atoms with E-state index in [0.717, 1.165) is 34.4 Å². The summed E-state index contributed by atoms with van der Waals surface area (Å²) < 4.78 is 15.1. The summed E-state index contributed by atoms with van der Waals surface area (Å²) in [6.45, 7) is 0.664. The summed E-state index contributed by atoms with van der Waals surface area (Å²) in [4.78, 5) is 23.4. The van der Waals surface area contributed by atoms with Gasteiger partial charge in [0.1, 0.15) is 17.5 Å². The van der Waals surface area contributed by atoms with Crippen molar-refractivity contribution in [2.45, 2.75) is 11.8 Å². The number of aryl methyl sites for hydroxylation is 1. The minimum absolute atomic E-state index is 0.151. The molecule has 13 heteroatoms. The van der Waals surface area contributed by atoms with Gasteiger partial charge in [-0.3, -0.25) is 9.48 Å². The van der Waals surface area contributed by atoms with E-state index in [-0.39, 0.29) is 5.56 Å². The highest BCUT2D eigenvalue weighted by molar-refractivity contribution is 6.60. The zero-order valence-corrected chi connectivity index (χ0v) is 20.2. The molecule has 4 heterocycles. The fourth-order valence-electron chi connectivity index (χ4n) is 4.26. The van der Waals surface area contributed by atoms with Crippen molar-refractivity contribution in [3.05, 3.63) is 71.9 Å². The van der Waals surface area contributed by atoms with Crippen LogP contribution in [0.1, 0.15) is 15.9 Å². The number of para-hydroxylation sites is 1. The summed E-state index contributed by atoms with van der Waals surface area (Å²) in [5, 5.41) is 11.4. The number of halogens is 1. The molecule has 3 aromatic heterocycles. The van der Waals surface area contributed by atoms with Crippen molar-refractivity contribution in [1.82, 2.24) is 25.1 Å². The Morgan fingerprint density at radius 1 is 1.03 bits per heavy atom. The Morgan fingerprint density at radius 3 is 2.54 bits per heavy atom. The van der Waals surface area contributed by atoms with Gasteiger partial charge in [-0.25, -0.2) is 14.4 Å². The van der Waals surface area contributed by atoms with Crippen LogP contribution in [0.25, 0.3) is 11.3 Å². The van der Waals surface area contributed by atoms with Gasteiger partial charge in [0.25, 0.3) is 5.91 Å². The predicted octanol–water partition coefficient (Wildman–Crippen LogP) is 2.30. The third-order valence-electron chi connectivity index (χ3n) is 5.72. The van der Waals surface area contributed by atoms with Gasteiger partial charge in [-0.1, -0.05) is 17.4 Å². The zero-order chi connectivity index (χ0) is 26.3. The fourth-order valence-corrected chi connectivity index (χ4v) is 4.26. The lowest BCUT2D eigenvalue weighted by Crippen LogP contribution is -2.50. The second-order valence-corrected chi connectivity index (χ2v) is 8.85. The molecule has 0 saturated carbocycles. The number of nitrogens with zero attached hydrogens (tertiary/aromatic N) is 5. The molecule has 0 spiro atoms. The van der Waals surface area contributed by atoms with Crippen LogP contribution in [0.15, 0.2) is 55.0 Å². The average molecular weight is 488 g/mol. The third-order valence-corrected chi connectivity index (χ3v) is 5.72. The maximum absolute atomic E-state index is 13.3. The number of amides is 1. The third kappa shape index (κ3) is 5.16. The lowest BCUT2D eigenvalue weighted by Gasteiger charge is -2.30. The zero-order valence-electron chi connectivity index (χ0n) is 20.2. The molecule has 0 aliphatic carbocycles. The van der Waals surface area contributed by atoms with Gasteiger partial charge < -0.3 is 20.9 Å². The van der Waals surface area contributed by atoms with Crippen LogP contribution in [0, 0.1) is 5.82 Å². The average Bonchev–Trinajstić information content (AvgIpc) is 3.20. The summed E-state index contributed by atoms with van der Waals surface area (Å²) in [6.07, 6.45) is 4.44. The van der Waals surface area contributed by atoms with Crippen molar-refractivity contribution in [3.8, 4) is 11.3 Å². The first kappa shape index (κ1) is 24.4. The lowest BCUT2D eigenvalue weighted by atomic mass is 9.49. The molecule has 1 aliphatic heterocycles. The smallest absolute Gasteiger partial charge is 0.253 e. The minimum Gasteiger partial charge on any atom is -0.372 e. The summed E-state index contributed by atoms with van der Waals surface area (Å²) >= 11 is 0. The van der Waals surface area contributed by atoms with Gasteiger partial charge in [0.2, 0.25) is 0 Å². The van der Waals surface area contributed by atoms with E-state index in [4.69, 9.17) is 23.5 Å². The van der Waals surface area contributed by atoms with Gasteiger partial charge in [-0.2, -0.15) is 5.10 Å². The molecule has 9 nitrogen and oxygen atoms in total. The van der Waals surface area contributed by atoms with Crippen LogP contribution in [-0.2, 0) is 13.6 Å². The van der Waals surface area contributed by atoms with E-state index in [9.17, 15) is 9.18 Å². The number of hydrogen-bond acceptors (Lipinski definition) is 7. The highest BCUT2D eigenvalue weighted by Crippen LogP contribution is 2.43. The number of rotatable bonds is 6. The Bertz CT molecular complexity index is 1490. The first-order valence-electron chi connectivity index (χ1n) is 11.3. The quantitative estimate of drug-likeness (QED) is 0.359. The lowest BCUT2D eigenvalue weighted by molar-refractivity contribution is 0.0953. The Morgan fingerprint density at radius 2 is 1.81 bits per heavy atom. The standard InChI is InChI=1S/C24H20B3FN8O/c1-35-11-13-12-36(2)34-21(13)15-4-3-5-17(22(15)35)31-18-8-20(32-19-7-6-14(28)9-29-19)30-10-16(18)23(37)33-24(25,26)27/h3-10,12H,11H2,1-2H3,(H,33,37)(H2,29,30,31,32). The molecule has 1 amide bonds. The number of carbonyl (C=O) groups excluding carboxylic acids is 1. The van der Waals surface area contributed by atoms with Crippen molar-refractivity contribution in [3.63, 3.8) is 0 Å². The van der Waals surface area contributed by atoms with Crippen molar-refractivity contribution in [2.75, 3.05) is 22.6 Å². The van der Waals surface area contributed by atoms with Gasteiger partial charge in [0.15, 0.2) is 0 Å². The maximum atomic E-state index is 13.3. The van der Waals surface area contributed by atoms with Crippen LogP contribution in [0.5, 0.6) is 0 Å². The van der Waals surface area contributed by atoms with Crippen LogP contribution in [-0.4, -0.2) is 61.5 Å². The summed E-state index contributed by atoms with van der Waals surface area (Å²) in [6, 6.07) is 10.2. The number of hydrogen-bond donors (Lipinski definition) is 3. The Hall–Kier alpha value is -4.28. The Labute approximate surface area is 217 Å². The molecule has 178 valence electrons. The largest absolute Gasteiger partial charge is 0.372 e. The van der Waals surface area contributed by atoms with E-state index in [1.807, 2.05) is 38.5 Å². The molecule has 5 rings (SSSR count). The number of anilines is 5. The van der Waals surface area contributed by atoms with E-state index in [2.05, 4.69) is 35.9 Å². The monoisotopic (exact) mass is 488 g/mol. The van der Waals surface area contributed by atoms with E-state index >= 15 is 0 Å². The normalized spacial score (nSPS) is 12.5. The van der Waals surface area contributed by atoms with Gasteiger partial charge in [-0.05, 0) is 18.2 Å². The molecule has 1 aliphatic rings. The molecule has 1 aromatic carbocycles. The van der Waals surface area contributed by atoms with Crippen molar-refractivity contribution in [2.24, 2.45) is 7.05 Å². The Kier molecular flexibility index (Phi) is 6.14. The molecular weight excluding hydrogens is 468 g/mol. The number of pyridine rings is 2. The number of aromatic nitrogens is 4. The molecule has 37 heavy (non-hydrogen) atoms. The second-order valence-electron chi connectivity index (χ2n) is 8.85. The predicted molar refractivity (Wildman–Crippen MR) is 143 cm³/mol. The Balaban J connectivity index is 1.56. The molecule has 0 fully saturated rings. The first-order chi connectivity index (χ1) is 17.6. The molecule has 0 atom stereocenters. The highest BCUT2D eigenvalue weighted by Gasteiger charge is 2.26. The van der Waals surface area contributed by atoms with Crippen LogP contribution >= 0.6 is 0 Å². The molecule has 3 N–H and O–H groups in total. The van der Waals surface area contributed by atoms with Crippen LogP contribution in [0.4, 0.5) is 33.1 Å². The number of carbonyl (C=O) groups is 1. The molecular formula is C24H20B3FN8O. The highest BCUT2D eigenvalue weighted by atomic mass is 19.1. The molecule has 0 unspecified atom stereocenters. The summed E-state index contributed by atoms with van der Waals surface area (Å²) in [5.74, 6) is -0.348. The number of benzene rings is 1. The molecule has 6 radical (unpaired) electrons. The van der Waals surface area contributed by atoms with E-state index in [1.165, 1.54) is 18.3 Å². The fraction of sp³-hybridized carbons (Fsp3) is 0.167. The number of fused-ring (bicyclic) bond motifs is 3. The van der Waals surface area contributed by atoms with Crippen molar-refractivity contribution < 1.29 is 9.18 Å². The van der Waals surface area contributed by atoms with Crippen LogP contribution in [0.3, 0.4) is 0 Å². The number of nitrogens with one attached hydrogen (secondary N) is 3. The van der Waals surface area contributed by atoms with Gasteiger partial charge in [0.05, 0.1) is 58.1 Å². The SMILES string of the molecule is [B]C([B])([B])NC(=O)c1cnc(Nc2ccc(F)cn2)cc1Nc1cccc2c1N(C)Cc1cn(C)nc1-2. The van der Waals surface area contributed by atoms with E-state index in [1.54, 1.807) is 10.7 Å². The van der Waals surface area contributed by atoms with E-state index in [0.29, 0.717) is 23.9 Å². The summed E-state index contributed by atoms with van der Waals surface area (Å²) in [7, 11) is 20.7. The van der Waals surface area contributed by atoms with E-state index < -0.39 is 17.0 Å². The second kappa shape index (κ2) is 9.31. The van der Waals surface area contributed by atoms with Crippen molar-refractivity contribution in [1.29, 1.82) is 0 Å². The minimum atomic E-state index is -1.93. The molecule has 0 bridgehead atoms. The molecule has 4 aromatic rings. The maximum Gasteiger partial charge on any atom is 0.253 e. The van der Waals surface area contributed by atoms with Gasteiger partial charge >= 0.3 is 0 Å². The van der Waals surface area contributed by atoms with Crippen LogP contribution < -0.4 is 20.9 Å².